The molecule has 15 heteroatoms. The standard InChI is InChI=1S/C18H8F8N6O/c19-11-7(17(21,22)23)3-1-5-9(11)27-13-14(30-16-15(29-13)31-33-32-16)28-10-6-2-4-8(12(10)20)18(24,25)26/h1-6H,(H,27,29,31)(H,28,30,32). The molecule has 0 saturated heterocycles. The van der Waals surface area contributed by atoms with E-state index in [1.165, 1.54) is 0 Å². The Hall–Kier alpha value is -4.04. The van der Waals surface area contributed by atoms with Crippen LogP contribution in [0.25, 0.3) is 11.3 Å². The second kappa shape index (κ2) is 7.83. The molecule has 0 fully saturated rings. The fourth-order valence-electron chi connectivity index (χ4n) is 2.76. The first-order valence-corrected chi connectivity index (χ1v) is 8.71. The summed E-state index contributed by atoms with van der Waals surface area (Å²) in [5.74, 6) is -4.34. The summed E-state index contributed by atoms with van der Waals surface area (Å²) < 4.78 is 111. The predicted octanol–water partition coefficient (Wildman–Crippen LogP) is 5.82. The fraction of sp³-hybridized carbons (Fsp3) is 0.111. The van der Waals surface area contributed by atoms with Crippen molar-refractivity contribution in [1.29, 1.82) is 0 Å². The molecule has 2 aromatic carbocycles. The van der Waals surface area contributed by atoms with Gasteiger partial charge in [0.05, 0.1) is 22.5 Å². The number of alkyl halides is 6. The number of hydrogen-bond acceptors (Lipinski definition) is 7. The Morgan fingerprint density at radius 2 is 1.03 bits per heavy atom. The predicted molar refractivity (Wildman–Crippen MR) is 96.8 cm³/mol. The maximum Gasteiger partial charge on any atom is 0.419 e. The maximum atomic E-state index is 14.4. The van der Waals surface area contributed by atoms with E-state index in [0.717, 1.165) is 24.3 Å². The van der Waals surface area contributed by atoms with E-state index < -0.39 is 58.1 Å². The Balaban J connectivity index is 1.79. The van der Waals surface area contributed by atoms with E-state index in [-0.39, 0.29) is 11.3 Å². The van der Waals surface area contributed by atoms with Crippen molar-refractivity contribution in [1.82, 2.24) is 20.3 Å². The number of rotatable bonds is 4. The van der Waals surface area contributed by atoms with Crippen molar-refractivity contribution in [2.24, 2.45) is 0 Å². The van der Waals surface area contributed by atoms with Gasteiger partial charge in [-0.15, -0.1) is 0 Å². The maximum absolute atomic E-state index is 14.4. The van der Waals surface area contributed by atoms with Crippen molar-refractivity contribution in [3.63, 3.8) is 0 Å². The lowest BCUT2D eigenvalue weighted by atomic mass is 10.1. The number of nitrogens with one attached hydrogen (secondary N) is 2. The molecule has 2 aromatic heterocycles. The molecule has 172 valence electrons. The van der Waals surface area contributed by atoms with E-state index in [4.69, 9.17) is 0 Å². The molecule has 0 saturated carbocycles. The normalized spacial score (nSPS) is 12.2. The highest BCUT2D eigenvalue weighted by molar-refractivity contribution is 5.79. The van der Waals surface area contributed by atoms with Gasteiger partial charge in [0, 0.05) is 0 Å². The quantitative estimate of drug-likeness (QED) is 0.359. The van der Waals surface area contributed by atoms with Gasteiger partial charge in [0.25, 0.3) is 0 Å². The Morgan fingerprint density at radius 1 is 0.636 bits per heavy atom. The van der Waals surface area contributed by atoms with Crippen molar-refractivity contribution in [3.8, 4) is 0 Å². The van der Waals surface area contributed by atoms with Gasteiger partial charge < -0.3 is 10.6 Å². The van der Waals surface area contributed by atoms with Crippen molar-refractivity contribution in [3.05, 3.63) is 59.2 Å². The van der Waals surface area contributed by atoms with Crippen molar-refractivity contribution < 1.29 is 39.8 Å². The SMILES string of the molecule is Fc1c(Nc2nc3nonc3nc2Nc2cccc(C(F)(F)F)c2F)cccc1C(F)(F)F. The molecule has 0 spiro atoms. The molecule has 0 amide bonds. The second-order valence-electron chi connectivity index (χ2n) is 6.41. The van der Waals surface area contributed by atoms with Crippen molar-refractivity contribution in [2.75, 3.05) is 10.6 Å². The Morgan fingerprint density at radius 3 is 1.39 bits per heavy atom. The van der Waals surface area contributed by atoms with E-state index in [1.807, 2.05) is 0 Å². The highest BCUT2D eigenvalue weighted by Crippen LogP contribution is 2.37. The molecule has 0 radical (unpaired) electrons. The highest BCUT2D eigenvalue weighted by atomic mass is 19.4. The number of anilines is 4. The summed E-state index contributed by atoms with van der Waals surface area (Å²) in [5, 5.41) is 11.3. The zero-order valence-electron chi connectivity index (χ0n) is 15.7. The van der Waals surface area contributed by atoms with Crippen LogP contribution in [0.15, 0.2) is 41.0 Å². The van der Waals surface area contributed by atoms with E-state index >= 15 is 0 Å². The minimum absolute atomic E-state index is 0.264. The number of aromatic nitrogens is 4. The number of hydrogen-bond donors (Lipinski definition) is 2. The average molecular weight is 476 g/mol. The van der Waals surface area contributed by atoms with Crippen LogP contribution in [0.3, 0.4) is 0 Å². The van der Waals surface area contributed by atoms with Crippen LogP contribution in [0.2, 0.25) is 0 Å². The van der Waals surface area contributed by atoms with Crippen LogP contribution in [0.5, 0.6) is 0 Å². The molecule has 0 atom stereocenters. The first kappa shape index (κ1) is 22.2. The molecule has 7 nitrogen and oxygen atoms in total. The molecule has 4 aromatic rings. The van der Waals surface area contributed by atoms with Gasteiger partial charge in [-0.05, 0) is 34.6 Å². The average Bonchev–Trinajstić information content (AvgIpc) is 3.16. The Kier molecular flexibility index (Phi) is 5.26. The van der Waals surface area contributed by atoms with Gasteiger partial charge in [0.15, 0.2) is 23.3 Å². The third-order valence-electron chi connectivity index (χ3n) is 4.23. The van der Waals surface area contributed by atoms with E-state index in [9.17, 15) is 35.1 Å². The third kappa shape index (κ3) is 4.33. The van der Waals surface area contributed by atoms with Gasteiger partial charge in [0.2, 0.25) is 11.3 Å². The molecule has 0 aliphatic carbocycles. The summed E-state index contributed by atoms with van der Waals surface area (Å²) in [4.78, 5) is 7.73. The van der Waals surface area contributed by atoms with Gasteiger partial charge in [-0.1, -0.05) is 12.1 Å². The summed E-state index contributed by atoms with van der Waals surface area (Å²) in [5.41, 5.74) is -5.07. The van der Waals surface area contributed by atoms with Gasteiger partial charge in [-0.25, -0.2) is 23.4 Å². The van der Waals surface area contributed by atoms with Gasteiger partial charge >= 0.3 is 12.4 Å². The Bertz CT molecular complexity index is 1230. The molecule has 2 N–H and O–H groups in total. The van der Waals surface area contributed by atoms with Crippen LogP contribution in [0, 0.1) is 11.6 Å². The van der Waals surface area contributed by atoms with Crippen LogP contribution < -0.4 is 10.6 Å². The van der Waals surface area contributed by atoms with Crippen LogP contribution in [0.4, 0.5) is 58.1 Å². The first-order valence-electron chi connectivity index (χ1n) is 8.71. The summed E-state index contributed by atoms with van der Waals surface area (Å²) in [6.07, 6.45) is -10.0. The lowest BCUT2D eigenvalue weighted by Gasteiger charge is -2.16. The van der Waals surface area contributed by atoms with Crippen LogP contribution in [-0.2, 0) is 12.4 Å². The number of fused-ring (bicyclic) bond motifs is 1. The molecular formula is C18H8F8N6O. The molecule has 0 aliphatic rings. The summed E-state index contributed by atoms with van der Waals surface area (Å²) >= 11 is 0. The summed E-state index contributed by atoms with van der Waals surface area (Å²) in [6.45, 7) is 0. The van der Waals surface area contributed by atoms with Crippen LogP contribution in [0.1, 0.15) is 11.1 Å². The molecule has 33 heavy (non-hydrogen) atoms. The molecule has 0 unspecified atom stereocenters. The lowest BCUT2D eigenvalue weighted by molar-refractivity contribution is -0.140. The second-order valence-corrected chi connectivity index (χ2v) is 6.41. The Labute approximate surface area is 177 Å². The van der Waals surface area contributed by atoms with Crippen molar-refractivity contribution in [2.45, 2.75) is 12.4 Å². The zero-order chi connectivity index (χ0) is 24.0. The number of halogens is 8. The molecule has 0 aliphatic heterocycles. The smallest absolute Gasteiger partial charge is 0.335 e. The zero-order valence-corrected chi connectivity index (χ0v) is 15.7. The highest BCUT2D eigenvalue weighted by Gasteiger charge is 2.36. The topological polar surface area (TPSA) is 88.8 Å². The number of nitrogens with zero attached hydrogens (tertiary/aromatic N) is 4. The first-order chi connectivity index (χ1) is 15.4. The lowest BCUT2D eigenvalue weighted by Crippen LogP contribution is -2.12. The molecule has 4 rings (SSSR count). The van der Waals surface area contributed by atoms with E-state index in [2.05, 4.69) is 35.5 Å². The monoisotopic (exact) mass is 476 g/mol. The molecule has 2 heterocycles. The van der Waals surface area contributed by atoms with Gasteiger partial charge in [-0.3, -0.25) is 0 Å². The van der Waals surface area contributed by atoms with Gasteiger partial charge in [-0.2, -0.15) is 26.3 Å². The fourth-order valence-corrected chi connectivity index (χ4v) is 2.76. The minimum atomic E-state index is -5.00. The van der Waals surface area contributed by atoms with Crippen LogP contribution in [-0.4, -0.2) is 20.3 Å². The molecular weight excluding hydrogens is 468 g/mol. The third-order valence-corrected chi connectivity index (χ3v) is 4.23. The van der Waals surface area contributed by atoms with E-state index in [1.54, 1.807) is 0 Å². The minimum Gasteiger partial charge on any atom is -0.335 e. The largest absolute Gasteiger partial charge is 0.419 e. The molecule has 0 bridgehead atoms. The number of benzene rings is 2. The van der Waals surface area contributed by atoms with Gasteiger partial charge in [0.1, 0.15) is 0 Å². The van der Waals surface area contributed by atoms with E-state index in [0.29, 0.717) is 12.1 Å². The summed E-state index contributed by atoms with van der Waals surface area (Å²) in [6, 6.07) is 4.75. The summed E-state index contributed by atoms with van der Waals surface area (Å²) in [7, 11) is 0. The van der Waals surface area contributed by atoms with Crippen LogP contribution >= 0.6 is 0 Å². The van der Waals surface area contributed by atoms with Crippen molar-refractivity contribution >= 4 is 34.3 Å².